The number of carbonyl (C=O) groups excluding carboxylic acids is 1. The monoisotopic (exact) mass is 321 g/mol. The summed E-state index contributed by atoms with van der Waals surface area (Å²) >= 11 is 0. The first-order valence-electron chi connectivity index (χ1n) is 7.73. The van der Waals surface area contributed by atoms with Gasteiger partial charge in [-0.05, 0) is 11.1 Å². The van der Waals surface area contributed by atoms with Crippen molar-refractivity contribution in [3.05, 3.63) is 84.1 Å². The largest absolute Gasteiger partial charge is 0.359 e. The van der Waals surface area contributed by atoms with E-state index in [4.69, 9.17) is 4.74 Å². The number of ether oxygens (including phenoxy) is 1. The Morgan fingerprint density at radius 3 is 2.12 bits per heavy atom. The number of amides is 1. The van der Waals surface area contributed by atoms with E-state index in [9.17, 15) is 4.79 Å². The van der Waals surface area contributed by atoms with Crippen molar-refractivity contribution in [2.24, 2.45) is 7.05 Å². The fourth-order valence-electron chi connectivity index (χ4n) is 2.46. The molecule has 5 nitrogen and oxygen atoms in total. The van der Waals surface area contributed by atoms with Crippen LogP contribution in [0, 0.1) is 0 Å². The molecule has 1 amide bonds. The zero-order chi connectivity index (χ0) is 16.8. The van der Waals surface area contributed by atoms with E-state index in [1.807, 2.05) is 60.7 Å². The first-order chi connectivity index (χ1) is 11.7. The van der Waals surface area contributed by atoms with Crippen molar-refractivity contribution in [3.63, 3.8) is 0 Å². The minimum atomic E-state index is -0.290. The minimum absolute atomic E-state index is 0.0506. The Hall–Kier alpha value is -2.92. The highest BCUT2D eigenvalue weighted by molar-refractivity contribution is 5.90. The highest BCUT2D eigenvalue weighted by atomic mass is 16.5. The Morgan fingerprint density at radius 1 is 1.04 bits per heavy atom. The average molecular weight is 321 g/mol. The summed E-state index contributed by atoms with van der Waals surface area (Å²) < 4.78 is 7.54. The number of anilines is 1. The van der Waals surface area contributed by atoms with Gasteiger partial charge >= 0.3 is 0 Å². The van der Waals surface area contributed by atoms with Crippen LogP contribution in [0.4, 0.5) is 5.82 Å². The highest BCUT2D eigenvalue weighted by Crippen LogP contribution is 2.25. The molecule has 0 unspecified atom stereocenters. The topological polar surface area (TPSA) is 56.2 Å². The molecule has 0 aliphatic rings. The molecule has 0 aliphatic carbocycles. The van der Waals surface area contributed by atoms with Gasteiger partial charge in [0, 0.05) is 19.3 Å². The normalized spacial score (nSPS) is 10.8. The molecular weight excluding hydrogens is 302 g/mol. The van der Waals surface area contributed by atoms with Crippen molar-refractivity contribution < 1.29 is 9.53 Å². The lowest BCUT2D eigenvalue weighted by molar-refractivity contribution is -0.121. The van der Waals surface area contributed by atoms with Gasteiger partial charge in [-0.25, -0.2) is 0 Å². The van der Waals surface area contributed by atoms with Gasteiger partial charge in [-0.15, -0.1) is 0 Å². The van der Waals surface area contributed by atoms with Crippen LogP contribution in [0.5, 0.6) is 0 Å². The zero-order valence-electron chi connectivity index (χ0n) is 13.4. The molecule has 0 saturated heterocycles. The predicted octanol–water partition coefficient (Wildman–Crippen LogP) is 3.16. The van der Waals surface area contributed by atoms with E-state index in [-0.39, 0.29) is 18.6 Å². The number of hydrogen-bond acceptors (Lipinski definition) is 3. The molecule has 0 atom stereocenters. The van der Waals surface area contributed by atoms with E-state index in [1.54, 1.807) is 24.0 Å². The van der Waals surface area contributed by atoms with Crippen LogP contribution in [-0.4, -0.2) is 22.3 Å². The molecule has 1 N–H and O–H groups in total. The predicted molar refractivity (Wildman–Crippen MR) is 92.5 cm³/mol. The maximum atomic E-state index is 12.1. The van der Waals surface area contributed by atoms with Crippen molar-refractivity contribution in [3.8, 4) is 0 Å². The summed E-state index contributed by atoms with van der Waals surface area (Å²) in [5.41, 5.74) is 2.02. The zero-order valence-corrected chi connectivity index (χ0v) is 13.4. The van der Waals surface area contributed by atoms with Crippen LogP contribution in [0.1, 0.15) is 17.2 Å². The third-order valence-corrected chi connectivity index (χ3v) is 3.57. The Morgan fingerprint density at radius 2 is 1.62 bits per heavy atom. The summed E-state index contributed by atoms with van der Waals surface area (Å²) in [6.45, 7) is -0.0506. The van der Waals surface area contributed by atoms with Gasteiger partial charge in [0.25, 0.3) is 5.91 Å². The Balaban J connectivity index is 1.69. The molecule has 1 heterocycles. The molecule has 5 heteroatoms. The van der Waals surface area contributed by atoms with Crippen LogP contribution in [0.3, 0.4) is 0 Å². The van der Waals surface area contributed by atoms with Crippen LogP contribution >= 0.6 is 0 Å². The van der Waals surface area contributed by atoms with Crippen molar-refractivity contribution in [1.29, 1.82) is 0 Å². The molecular formula is C19H19N3O2. The third kappa shape index (κ3) is 4.08. The van der Waals surface area contributed by atoms with Crippen molar-refractivity contribution in [2.45, 2.75) is 6.10 Å². The summed E-state index contributed by atoms with van der Waals surface area (Å²) in [6.07, 6.45) is 1.48. The summed E-state index contributed by atoms with van der Waals surface area (Å²) in [5, 5.41) is 6.85. The van der Waals surface area contributed by atoms with Crippen LogP contribution in [0.25, 0.3) is 0 Å². The lowest BCUT2D eigenvalue weighted by atomic mass is 10.0. The second kappa shape index (κ2) is 7.57. The van der Waals surface area contributed by atoms with Gasteiger partial charge in [0.1, 0.15) is 12.7 Å². The van der Waals surface area contributed by atoms with Gasteiger partial charge in [0.05, 0.1) is 0 Å². The van der Waals surface area contributed by atoms with Crippen LogP contribution in [0.2, 0.25) is 0 Å². The SMILES string of the molecule is Cn1ccc(NC(=O)COC(c2ccccc2)c2ccccc2)n1. The van der Waals surface area contributed by atoms with E-state index in [0.29, 0.717) is 5.82 Å². The first kappa shape index (κ1) is 16.0. The smallest absolute Gasteiger partial charge is 0.251 e. The van der Waals surface area contributed by atoms with E-state index >= 15 is 0 Å². The Bertz CT molecular complexity index is 745. The van der Waals surface area contributed by atoms with E-state index in [1.165, 1.54) is 0 Å². The number of aromatic nitrogens is 2. The first-order valence-corrected chi connectivity index (χ1v) is 7.73. The van der Waals surface area contributed by atoms with E-state index in [0.717, 1.165) is 11.1 Å². The quantitative estimate of drug-likeness (QED) is 0.759. The van der Waals surface area contributed by atoms with Gasteiger partial charge in [0.15, 0.2) is 5.82 Å². The lowest BCUT2D eigenvalue weighted by Gasteiger charge is -2.18. The third-order valence-electron chi connectivity index (χ3n) is 3.57. The van der Waals surface area contributed by atoms with E-state index in [2.05, 4.69) is 10.4 Å². The molecule has 0 aliphatic heterocycles. The number of rotatable bonds is 6. The maximum Gasteiger partial charge on any atom is 0.251 e. The van der Waals surface area contributed by atoms with Gasteiger partial charge in [-0.1, -0.05) is 60.7 Å². The fourth-order valence-corrected chi connectivity index (χ4v) is 2.46. The lowest BCUT2D eigenvalue weighted by Crippen LogP contribution is -2.21. The van der Waals surface area contributed by atoms with Gasteiger partial charge in [-0.2, -0.15) is 5.10 Å². The number of nitrogens with zero attached hydrogens (tertiary/aromatic N) is 2. The van der Waals surface area contributed by atoms with Crippen LogP contribution < -0.4 is 5.32 Å². The van der Waals surface area contributed by atoms with E-state index < -0.39 is 0 Å². The van der Waals surface area contributed by atoms with Crippen LogP contribution in [0.15, 0.2) is 72.9 Å². The van der Waals surface area contributed by atoms with Gasteiger partial charge < -0.3 is 10.1 Å². The van der Waals surface area contributed by atoms with Crippen LogP contribution in [-0.2, 0) is 16.6 Å². The molecule has 0 spiro atoms. The molecule has 24 heavy (non-hydrogen) atoms. The molecule has 3 aromatic rings. The molecule has 3 rings (SSSR count). The summed E-state index contributed by atoms with van der Waals surface area (Å²) in [7, 11) is 1.80. The molecule has 1 aromatic heterocycles. The standard InChI is InChI=1S/C19H19N3O2/c1-22-13-12-17(21-22)20-18(23)14-24-19(15-8-4-2-5-9-15)16-10-6-3-7-11-16/h2-13,19H,14H2,1H3,(H,20,21,23). The maximum absolute atomic E-state index is 12.1. The van der Waals surface area contributed by atoms with Crippen molar-refractivity contribution in [2.75, 3.05) is 11.9 Å². The number of benzene rings is 2. The second-order valence-electron chi connectivity index (χ2n) is 5.44. The highest BCUT2D eigenvalue weighted by Gasteiger charge is 2.16. The second-order valence-corrected chi connectivity index (χ2v) is 5.44. The molecule has 0 fully saturated rings. The van der Waals surface area contributed by atoms with Gasteiger partial charge in [0.2, 0.25) is 0 Å². The minimum Gasteiger partial charge on any atom is -0.359 e. The molecule has 2 aromatic carbocycles. The molecule has 122 valence electrons. The Labute approximate surface area is 140 Å². The van der Waals surface area contributed by atoms with Crippen molar-refractivity contribution >= 4 is 11.7 Å². The summed E-state index contributed by atoms with van der Waals surface area (Å²) in [4.78, 5) is 12.1. The number of carbonyl (C=O) groups is 1. The molecule has 0 radical (unpaired) electrons. The Kier molecular flexibility index (Phi) is 5.03. The van der Waals surface area contributed by atoms with Gasteiger partial charge in [-0.3, -0.25) is 9.48 Å². The molecule has 0 saturated carbocycles. The fraction of sp³-hybridized carbons (Fsp3) is 0.158. The molecule has 0 bridgehead atoms. The number of hydrogen-bond donors (Lipinski definition) is 1. The summed E-state index contributed by atoms with van der Waals surface area (Å²) in [5.74, 6) is 0.285. The summed E-state index contributed by atoms with van der Waals surface area (Å²) in [6, 6.07) is 21.5. The van der Waals surface area contributed by atoms with Crippen molar-refractivity contribution in [1.82, 2.24) is 9.78 Å². The number of aryl methyl sites for hydroxylation is 1. The number of nitrogens with one attached hydrogen (secondary N) is 1. The average Bonchev–Trinajstić information content (AvgIpc) is 3.02.